The summed E-state index contributed by atoms with van der Waals surface area (Å²) in [5.41, 5.74) is 1.07. The second-order valence-corrected chi connectivity index (χ2v) is 5.78. The van der Waals surface area contributed by atoms with Gasteiger partial charge in [0.2, 0.25) is 5.91 Å². The van der Waals surface area contributed by atoms with E-state index in [0.717, 1.165) is 11.3 Å². The molecule has 1 aromatic rings. The number of thioether (sulfide) groups is 1. The van der Waals surface area contributed by atoms with Crippen molar-refractivity contribution in [3.8, 4) is 0 Å². The maximum atomic E-state index is 11.5. The number of hydrogen-bond donors (Lipinski definition) is 1. The third-order valence-electron chi connectivity index (χ3n) is 2.09. The molecule has 1 rings (SSSR count). The predicted molar refractivity (Wildman–Crippen MR) is 75.5 cm³/mol. The van der Waals surface area contributed by atoms with Crippen molar-refractivity contribution in [2.24, 2.45) is 5.92 Å². The smallest absolute Gasteiger partial charge is 0.230 e. The molecule has 0 unspecified atom stereocenters. The van der Waals surface area contributed by atoms with Crippen LogP contribution in [0.1, 0.15) is 19.4 Å². The molecule has 0 atom stereocenters. The molecular formula is C13H18ClNOS. The lowest BCUT2D eigenvalue weighted by Crippen LogP contribution is -2.24. The van der Waals surface area contributed by atoms with Gasteiger partial charge in [-0.25, -0.2) is 0 Å². The van der Waals surface area contributed by atoms with Gasteiger partial charge in [0.1, 0.15) is 0 Å². The minimum Gasteiger partial charge on any atom is -0.351 e. The van der Waals surface area contributed by atoms with E-state index in [1.165, 1.54) is 0 Å². The van der Waals surface area contributed by atoms with Crippen molar-refractivity contribution in [2.45, 2.75) is 20.4 Å². The van der Waals surface area contributed by atoms with Crippen molar-refractivity contribution in [3.05, 3.63) is 34.9 Å². The lowest BCUT2D eigenvalue weighted by Gasteiger charge is -2.06. The first-order valence-electron chi connectivity index (χ1n) is 5.67. The Labute approximate surface area is 112 Å². The normalized spacial score (nSPS) is 10.6. The van der Waals surface area contributed by atoms with E-state index >= 15 is 0 Å². The molecule has 0 saturated heterocycles. The van der Waals surface area contributed by atoms with E-state index in [2.05, 4.69) is 19.2 Å². The van der Waals surface area contributed by atoms with Crippen LogP contribution in [-0.2, 0) is 11.3 Å². The van der Waals surface area contributed by atoms with Gasteiger partial charge in [0.15, 0.2) is 0 Å². The van der Waals surface area contributed by atoms with Gasteiger partial charge in [0, 0.05) is 11.6 Å². The van der Waals surface area contributed by atoms with Gasteiger partial charge in [-0.1, -0.05) is 37.6 Å². The molecule has 0 heterocycles. The fourth-order valence-electron chi connectivity index (χ4n) is 1.24. The Morgan fingerprint density at radius 3 is 2.59 bits per heavy atom. The molecule has 1 N–H and O–H groups in total. The minimum atomic E-state index is 0.0885. The molecule has 17 heavy (non-hydrogen) atoms. The van der Waals surface area contributed by atoms with Crippen molar-refractivity contribution in [3.63, 3.8) is 0 Å². The van der Waals surface area contributed by atoms with E-state index < -0.39 is 0 Å². The number of nitrogens with one attached hydrogen (secondary N) is 1. The van der Waals surface area contributed by atoms with Gasteiger partial charge in [-0.15, -0.1) is 0 Å². The number of rotatable bonds is 6. The van der Waals surface area contributed by atoms with Gasteiger partial charge in [-0.05, 0) is 29.4 Å². The molecule has 0 fully saturated rings. The van der Waals surface area contributed by atoms with E-state index in [9.17, 15) is 4.79 Å². The molecule has 0 aliphatic rings. The van der Waals surface area contributed by atoms with E-state index in [1.54, 1.807) is 11.8 Å². The highest BCUT2D eigenvalue weighted by atomic mass is 35.5. The Bertz CT molecular complexity index is 351. The maximum absolute atomic E-state index is 11.5. The van der Waals surface area contributed by atoms with Gasteiger partial charge in [-0.2, -0.15) is 11.8 Å². The molecule has 4 heteroatoms. The van der Waals surface area contributed by atoms with Crippen LogP contribution in [0.25, 0.3) is 0 Å². The van der Waals surface area contributed by atoms with Crippen LogP contribution in [0.4, 0.5) is 0 Å². The summed E-state index contributed by atoms with van der Waals surface area (Å²) in [7, 11) is 0. The largest absolute Gasteiger partial charge is 0.351 e. The van der Waals surface area contributed by atoms with Crippen molar-refractivity contribution >= 4 is 29.3 Å². The van der Waals surface area contributed by atoms with Crippen LogP contribution >= 0.6 is 23.4 Å². The Morgan fingerprint density at radius 1 is 1.35 bits per heavy atom. The molecule has 0 spiro atoms. The van der Waals surface area contributed by atoms with Crippen LogP contribution in [0.5, 0.6) is 0 Å². The molecule has 0 aliphatic heterocycles. The molecular weight excluding hydrogens is 254 g/mol. The second kappa shape index (κ2) is 7.62. The van der Waals surface area contributed by atoms with Crippen LogP contribution in [0.3, 0.4) is 0 Å². The molecule has 0 saturated carbocycles. The lowest BCUT2D eigenvalue weighted by atomic mass is 10.2. The van der Waals surface area contributed by atoms with Crippen molar-refractivity contribution in [2.75, 3.05) is 11.5 Å². The maximum Gasteiger partial charge on any atom is 0.230 e. The highest BCUT2D eigenvalue weighted by molar-refractivity contribution is 7.99. The second-order valence-electron chi connectivity index (χ2n) is 4.31. The van der Waals surface area contributed by atoms with Crippen LogP contribution in [0.2, 0.25) is 5.02 Å². The summed E-state index contributed by atoms with van der Waals surface area (Å²) in [5.74, 6) is 2.27. The van der Waals surface area contributed by atoms with Crippen LogP contribution in [-0.4, -0.2) is 17.4 Å². The van der Waals surface area contributed by atoms with Crippen molar-refractivity contribution in [1.82, 2.24) is 5.32 Å². The zero-order chi connectivity index (χ0) is 12.7. The quantitative estimate of drug-likeness (QED) is 0.860. The number of benzene rings is 1. The molecule has 0 aliphatic carbocycles. The molecule has 1 amide bonds. The fourth-order valence-corrected chi connectivity index (χ4v) is 2.24. The van der Waals surface area contributed by atoms with E-state index in [4.69, 9.17) is 11.6 Å². The number of carbonyl (C=O) groups is 1. The molecule has 2 nitrogen and oxygen atoms in total. The average Bonchev–Trinajstić information content (AvgIpc) is 2.28. The van der Waals surface area contributed by atoms with E-state index in [1.807, 2.05) is 24.3 Å². The first-order chi connectivity index (χ1) is 8.08. The minimum absolute atomic E-state index is 0.0885. The summed E-state index contributed by atoms with van der Waals surface area (Å²) in [6.45, 7) is 4.87. The Morgan fingerprint density at radius 2 is 2.00 bits per heavy atom. The lowest BCUT2D eigenvalue weighted by molar-refractivity contribution is -0.118. The average molecular weight is 272 g/mol. The van der Waals surface area contributed by atoms with Crippen LogP contribution in [0.15, 0.2) is 24.3 Å². The summed E-state index contributed by atoms with van der Waals surface area (Å²) in [6.07, 6.45) is 0. The number of halogens is 1. The Balaban J connectivity index is 2.21. The summed E-state index contributed by atoms with van der Waals surface area (Å²) in [6, 6.07) is 7.50. The zero-order valence-corrected chi connectivity index (χ0v) is 11.8. The predicted octanol–water partition coefficient (Wildman–Crippen LogP) is 3.35. The number of hydrogen-bond acceptors (Lipinski definition) is 2. The number of carbonyl (C=O) groups excluding carboxylic acids is 1. The Hall–Kier alpha value is -0.670. The van der Waals surface area contributed by atoms with E-state index in [-0.39, 0.29) is 5.91 Å². The summed E-state index contributed by atoms with van der Waals surface area (Å²) < 4.78 is 0. The van der Waals surface area contributed by atoms with Crippen molar-refractivity contribution in [1.29, 1.82) is 0 Å². The zero-order valence-electron chi connectivity index (χ0n) is 10.2. The topological polar surface area (TPSA) is 29.1 Å². The fraction of sp³-hybridized carbons (Fsp3) is 0.462. The van der Waals surface area contributed by atoms with Gasteiger partial charge < -0.3 is 5.32 Å². The van der Waals surface area contributed by atoms with Crippen molar-refractivity contribution < 1.29 is 4.79 Å². The third kappa shape index (κ3) is 6.59. The molecule has 0 bridgehead atoms. The van der Waals surface area contributed by atoms with Gasteiger partial charge in [0.25, 0.3) is 0 Å². The number of amides is 1. The van der Waals surface area contributed by atoms with Gasteiger partial charge >= 0.3 is 0 Å². The molecule has 0 aromatic heterocycles. The van der Waals surface area contributed by atoms with E-state index in [0.29, 0.717) is 23.2 Å². The van der Waals surface area contributed by atoms with Crippen LogP contribution in [0, 0.1) is 5.92 Å². The molecule has 94 valence electrons. The molecule has 1 aromatic carbocycles. The Kier molecular flexibility index (Phi) is 6.45. The first kappa shape index (κ1) is 14.4. The first-order valence-corrected chi connectivity index (χ1v) is 7.20. The van der Waals surface area contributed by atoms with Crippen LogP contribution < -0.4 is 5.32 Å². The highest BCUT2D eigenvalue weighted by Gasteiger charge is 2.02. The standard InChI is InChI=1S/C13H18ClNOS/c1-10(2)8-17-9-13(16)15-7-11-3-5-12(14)6-4-11/h3-6,10H,7-9H2,1-2H3,(H,15,16). The summed E-state index contributed by atoms with van der Waals surface area (Å²) >= 11 is 7.46. The summed E-state index contributed by atoms with van der Waals surface area (Å²) in [5, 5.41) is 3.60. The summed E-state index contributed by atoms with van der Waals surface area (Å²) in [4.78, 5) is 11.5. The SMILES string of the molecule is CC(C)CSCC(=O)NCc1ccc(Cl)cc1. The third-order valence-corrected chi connectivity index (χ3v) is 3.71. The highest BCUT2D eigenvalue weighted by Crippen LogP contribution is 2.09. The van der Waals surface area contributed by atoms with Gasteiger partial charge in [0.05, 0.1) is 5.75 Å². The van der Waals surface area contributed by atoms with Gasteiger partial charge in [-0.3, -0.25) is 4.79 Å². The monoisotopic (exact) mass is 271 g/mol. The molecule has 0 radical (unpaired) electrons.